The van der Waals surface area contributed by atoms with Crippen molar-refractivity contribution in [2.24, 2.45) is 0 Å². The molecule has 0 spiro atoms. The number of aromatic nitrogens is 4. The van der Waals surface area contributed by atoms with Crippen molar-refractivity contribution in [1.29, 1.82) is 0 Å². The fourth-order valence-corrected chi connectivity index (χ4v) is 4.20. The molecule has 3 aromatic rings. The fraction of sp³-hybridized carbons (Fsp3) is 0.286. The van der Waals surface area contributed by atoms with E-state index in [1.165, 1.54) is 11.8 Å². The molecular weight excluding hydrogens is 400 g/mol. The highest BCUT2D eigenvalue weighted by molar-refractivity contribution is 7.99. The van der Waals surface area contributed by atoms with E-state index in [1.54, 1.807) is 12.4 Å². The van der Waals surface area contributed by atoms with E-state index in [4.69, 9.17) is 0 Å². The molecule has 2 N–H and O–H groups in total. The van der Waals surface area contributed by atoms with E-state index in [2.05, 4.69) is 25.8 Å². The number of nitrogens with one attached hydrogen (secondary N) is 2. The van der Waals surface area contributed by atoms with Crippen LogP contribution in [0.15, 0.2) is 60.0 Å². The number of hydrogen-bond donors (Lipinski definition) is 2. The average molecular weight is 423 g/mol. The molecule has 154 valence electrons. The van der Waals surface area contributed by atoms with Gasteiger partial charge in [0.05, 0.1) is 5.75 Å². The van der Waals surface area contributed by atoms with Crippen LogP contribution >= 0.6 is 11.8 Å². The maximum absolute atomic E-state index is 12.3. The molecule has 0 atom stereocenters. The monoisotopic (exact) mass is 422 g/mol. The molecule has 1 aromatic carbocycles. The molecule has 8 nitrogen and oxygen atoms in total. The number of urea groups is 1. The summed E-state index contributed by atoms with van der Waals surface area (Å²) in [5, 5.41) is 14.4. The third-order valence-electron chi connectivity index (χ3n) is 4.86. The van der Waals surface area contributed by atoms with Crippen molar-refractivity contribution in [3.8, 4) is 17.1 Å². The number of hydrogen-bond acceptors (Lipinski definition) is 6. The lowest BCUT2D eigenvalue weighted by molar-refractivity contribution is -0.117. The van der Waals surface area contributed by atoms with Crippen molar-refractivity contribution < 1.29 is 9.59 Å². The second-order valence-electron chi connectivity index (χ2n) is 7.00. The average Bonchev–Trinajstić information content (AvgIpc) is 3.43. The van der Waals surface area contributed by atoms with Crippen LogP contribution in [0.3, 0.4) is 0 Å². The highest BCUT2D eigenvalue weighted by Crippen LogP contribution is 2.27. The molecule has 2 heterocycles. The smallest absolute Gasteiger partial charge is 0.321 e. The summed E-state index contributed by atoms with van der Waals surface area (Å²) in [5.74, 6) is 0.341. The summed E-state index contributed by atoms with van der Waals surface area (Å²) >= 11 is 1.23. The maximum atomic E-state index is 12.3. The fourth-order valence-electron chi connectivity index (χ4n) is 3.45. The van der Waals surface area contributed by atoms with Gasteiger partial charge in [-0.25, -0.2) is 4.79 Å². The summed E-state index contributed by atoms with van der Waals surface area (Å²) < 4.78 is 1.89. The van der Waals surface area contributed by atoms with Crippen molar-refractivity contribution in [2.75, 3.05) is 5.75 Å². The van der Waals surface area contributed by atoms with Crippen LogP contribution in [-0.4, -0.2) is 43.5 Å². The molecule has 0 aliphatic heterocycles. The molecule has 1 fully saturated rings. The van der Waals surface area contributed by atoms with Crippen LogP contribution in [-0.2, 0) is 4.79 Å². The van der Waals surface area contributed by atoms with E-state index in [1.807, 2.05) is 47.0 Å². The molecular formula is C21H22N6O2S. The van der Waals surface area contributed by atoms with Crippen LogP contribution in [0.5, 0.6) is 0 Å². The highest BCUT2D eigenvalue weighted by Gasteiger charge is 2.20. The zero-order valence-corrected chi connectivity index (χ0v) is 17.1. The first-order valence-electron chi connectivity index (χ1n) is 9.85. The molecule has 0 radical (unpaired) electrons. The Morgan fingerprint density at radius 2 is 1.77 bits per heavy atom. The van der Waals surface area contributed by atoms with Gasteiger partial charge in [0, 0.05) is 29.7 Å². The Labute approximate surface area is 178 Å². The second-order valence-corrected chi connectivity index (χ2v) is 7.95. The summed E-state index contributed by atoms with van der Waals surface area (Å²) in [6, 6.07) is 13.1. The molecule has 3 amide bonds. The van der Waals surface area contributed by atoms with Gasteiger partial charge in [-0.3, -0.25) is 19.7 Å². The van der Waals surface area contributed by atoms with Crippen molar-refractivity contribution >= 4 is 23.7 Å². The molecule has 2 aromatic heterocycles. The van der Waals surface area contributed by atoms with Gasteiger partial charge in [0.2, 0.25) is 5.91 Å². The van der Waals surface area contributed by atoms with E-state index in [9.17, 15) is 9.59 Å². The normalized spacial score (nSPS) is 13.9. The van der Waals surface area contributed by atoms with Gasteiger partial charge in [-0.1, -0.05) is 42.8 Å². The number of rotatable bonds is 6. The molecule has 4 rings (SSSR count). The van der Waals surface area contributed by atoms with Crippen molar-refractivity contribution in [3.05, 3.63) is 54.9 Å². The molecule has 0 unspecified atom stereocenters. The number of benzene rings is 1. The Morgan fingerprint density at radius 3 is 2.50 bits per heavy atom. The minimum atomic E-state index is -0.436. The SMILES string of the molecule is O=C(CSc1nnc(-c2ccncc2)n1-c1ccccc1)NC(=O)NC1CCCC1. The van der Waals surface area contributed by atoms with Gasteiger partial charge < -0.3 is 5.32 Å². The number of pyridine rings is 1. The molecule has 0 bridgehead atoms. The van der Waals surface area contributed by atoms with Crippen LogP contribution in [0.2, 0.25) is 0 Å². The molecule has 30 heavy (non-hydrogen) atoms. The van der Waals surface area contributed by atoms with Crippen LogP contribution in [0, 0.1) is 0 Å². The number of carbonyl (C=O) groups excluding carboxylic acids is 2. The highest BCUT2D eigenvalue weighted by atomic mass is 32.2. The van der Waals surface area contributed by atoms with Gasteiger partial charge in [-0.05, 0) is 37.1 Å². The predicted octanol–water partition coefficient (Wildman–Crippen LogP) is 3.19. The molecule has 1 saturated carbocycles. The summed E-state index contributed by atoms with van der Waals surface area (Å²) in [6.45, 7) is 0. The topological polar surface area (TPSA) is 102 Å². The van der Waals surface area contributed by atoms with Gasteiger partial charge >= 0.3 is 6.03 Å². The van der Waals surface area contributed by atoms with Crippen LogP contribution < -0.4 is 10.6 Å². The Morgan fingerprint density at radius 1 is 1.03 bits per heavy atom. The Balaban J connectivity index is 1.47. The largest absolute Gasteiger partial charge is 0.335 e. The van der Waals surface area contributed by atoms with E-state index in [0.717, 1.165) is 36.9 Å². The van der Waals surface area contributed by atoms with E-state index in [-0.39, 0.29) is 17.7 Å². The Bertz CT molecular complexity index is 1000. The lowest BCUT2D eigenvalue weighted by Crippen LogP contribution is -2.44. The van der Waals surface area contributed by atoms with E-state index in [0.29, 0.717) is 11.0 Å². The van der Waals surface area contributed by atoms with Crippen LogP contribution in [0.4, 0.5) is 4.79 Å². The lowest BCUT2D eigenvalue weighted by atomic mass is 10.2. The number of para-hydroxylation sites is 1. The minimum absolute atomic E-state index is 0.0550. The first kappa shape index (κ1) is 20.1. The molecule has 0 saturated heterocycles. The third kappa shape index (κ3) is 4.85. The summed E-state index contributed by atoms with van der Waals surface area (Å²) in [4.78, 5) is 28.3. The lowest BCUT2D eigenvalue weighted by Gasteiger charge is -2.12. The standard InChI is InChI=1S/C21H22N6O2S/c28-18(24-20(29)23-16-6-4-5-7-16)14-30-21-26-25-19(15-10-12-22-13-11-15)27(21)17-8-2-1-3-9-17/h1-3,8-13,16H,4-7,14H2,(H2,23,24,28,29). The van der Waals surface area contributed by atoms with Crippen molar-refractivity contribution in [1.82, 2.24) is 30.4 Å². The summed E-state index contributed by atoms with van der Waals surface area (Å²) in [7, 11) is 0. The molecule has 1 aliphatic rings. The van der Waals surface area contributed by atoms with Crippen molar-refractivity contribution in [2.45, 2.75) is 36.9 Å². The second kappa shape index (κ2) is 9.53. The number of nitrogens with zero attached hydrogens (tertiary/aromatic N) is 4. The first-order valence-corrected chi connectivity index (χ1v) is 10.8. The maximum Gasteiger partial charge on any atom is 0.321 e. The minimum Gasteiger partial charge on any atom is -0.335 e. The quantitative estimate of drug-likeness (QED) is 0.592. The Hall–Kier alpha value is -3.20. The summed E-state index contributed by atoms with van der Waals surface area (Å²) in [5.41, 5.74) is 1.75. The van der Waals surface area contributed by atoms with Crippen LogP contribution in [0.25, 0.3) is 17.1 Å². The van der Waals surface area contributed by atoms with Gasteiger partial charge in [0.15, 0.2) is 11.0 Å². The zero-order chi connectivity index (χ0) is 20.8. The third-order valence-corrected chi connectivity index (χ3v) is 5.79. The van der Waals surface area contributed by atoms with Gasteiger partial charge in [0.1, 0.15) is 0 Å². The predicted molar refractivity (Wildman–Crippen MR) is 114 cm³/mol. The number of imide groups is 1. The number of carbonyl (C=O) groups is 2. The Kier molecular flexibility index (Phi) is 6.38. The van der Waals surface area contributed by atoms with Crippen molar-refractivity contribution in [3.63, 3.8) is 0 Å². The van der Waals surface area contributed by atoms with E-state index < -0.39 is 6.03 Å². The van der Waals surface area contributed by atoms with E-state index >= 15 is 0 Å². The van der Waals surface area contributed by atoms with Gasteiger partial charge in [0.25, 0.3) is 0 Å². The molecule has 1 aliphatic carbocycles. The summed E-state index contributed by atoms with van der Waals surface area (Å²) in [6.07, 6.45) is 7.56. The van der Waals surface area contributed by atoms with Gasteiger partial charge in [-0.15, -0.1) is 10.2 Å². The molecule has 9 heteroatoms. The first-order chi connectivity index (χ1) is 14.7. The zero-order valence-electron chi connectivity index (χ0n) is 16.3. The van der Waals surface area contributed by atoms with Crippen LogP contribution in [0.1, 0.15) is 25.7 Å². The number of amides is 3. The van der Waals surface area contributed by atoms with Gasteiger partial charge in [-0.2, -0.15) is 0 Å². The number of thioether (sulfide) groups is 1.